The quantitative estimate of drug-likeness (QED) is 0.711. The van der Waals surface area contributed by atoms with Gasteiger partial charge in [0.2, 0.25) is 5.91 Å². The van der Waals surface area contributed by atoms with Gasteiger partial charge in [-0.25, -0.2) is 4.39 Å². The van der Waals surface area contributed by atoms with Crippen molar-refractivity contribution in [1.82, 2.24) is 10.2 Å². The van der Waals surface area contributed by atoms with Gasteiger partial charge in [-0.2, -0.15) is 0 Å². The van der Waals surface area contributed by atoms with Gasteiger partial charge in [-0.15, -0.1) is 0 Å². The van der Waals surface area contributed by atoms with Crippen molar-refractivity contribution in [1.29, 1.82) is 0 Å². The van der Waals surface area contributed by atoms with Crippen LogP contribution in [-0.4, -0.2) is 49.3 Å². The van der Waals surface area contributed by atoms with E-state index < -0.39 is 0 Å². The number of nitrogens with zero attached hydrogens (tertiary/aromatic N) is 2. The lowest BCUT2D eigenvalue weighted by molar-refractivity contribution is -0.119. The van der Waals surface area contributed by atoms with Crippen LogP contribution in [0.25, 0.3) is 0 Å². The van der Waals surface area contributed by atoms with Crippen molar-refractivity contribution < 1.29 is 14.0 Å². The third kappa shape index (κ3) is 5.05. The lowest BCUT2D eigenvalue weighted by Gasteiger charge is -2.36. The lowest BCUT2D eigenvalue weighted by Crippen LogP contribution is -2.46. The van der Waals surface area contributed by atoms with E-state index in [1.54, 1.807) is 0 Å². The fourth-order valence-corrected chi connectivity index (χ4v) is 4.25. The fraction of sp³-hybridized carbons (Fsp3) is 0.417. The van der Waals surface area contributed by atoms with Crippen LogP contribution in [0.1, 0.15) is 47.6 Å². The Hall–Kier alpha value is -2.73. The summed E-state index contributed by atoms with van der Waals surface area (Å²) in [6.45, 7) is 4.65. The Morgan fingerprint density at radius 1 is 1.00 bits per heavy atom. The largest absolute Gasteiger partial charge is 0.369 e. The van der Waals surface area contributed by atoms with Gasteiger partial charge in [0.15, 0.2) is 5.78 Å². The van der Waals surface area contributed by atoms with Gasteiger partial charge in [-0.3, -0.25) is 14.5 Å². The maximum atomic E-state index is 13.1. The van der Waals surface area contributed by atoms with Gasteiger partial charge in [-0.05, 0) is 49.2 Å². The second kappa shape index (κ2) is 9.39. The summed E-state index contributed by atoms with van der Waals surface area (Å²) in [5.41, 5.74) is 2.87. The lowest BCUT2D eigenvalue weighted by atomic mass is 10.0. The average Bonchev–Trinajstić information content (AvgIpc) is 3.21. The van der Waals surface area contributed by atoms with Crippen LogP contribution in [0.2, 0.25) is 0 Å². The summed E-state index contributed by atoms with van der Waals surface area (Å²) in [6.07, 6.45) is 2.78. The van der Waals surface area contributed by atoms with Crippen LogP contribution in [0.4, 0.5) is 10.1 Å². The van der Waals surface area contributed by atoms with Crippen molar-refractivity contribution in [2.45, 2.75) is 31.7 Å². The van der Waals surface area contributed by atoms with Gasteiger partial charge in [0.25, 0.3) is 0 Å². The monoisotopic (exact) mass is 409 g/mol. The van der Waals surface area contributed by atoms with E-state index in [9.17, 15) is 14.0 Å². The molecule has 1 N–H and O–H groups in total. The van der Waals surface area contributed by atoms with Crippen LogP contribution in [0.5, 0.6) is 0 Å². The normalized spacial score (nSPS) is 19.7. The molecular weight excluding hydrogens is 381 g/mol. The molecule has 2 saturated heterocycles. The molecule has 2 aliphatic rings. The molecule has 4 rings (SSSR count). The first-order valence-corrected chi connectivity index (χ1v) is 10.7. The van der Waals surface area contributed by atoms with Gasteiger partial charge in [0.05, 0.1) is 6.04 Å². The molecule has 2 fully saturated rings. The van der Waals surface area contributed by atoms with Gasteiger partial charge >= 0.3 is 0 Å². The molecule has 0 radical (unpaired) electrons. The Morgan fingerprint density at radius 2 is 1.70 bits per heavy atom. The number of piperazine rings is 1. The second-order valence-electron chi connectivity index (χ2n) is 8.11. The van der Waals surface area contributed by atoms with E-state index >= 15 is 0 Å². The Morgan fingerprint density at radius 3 is 2.33 bits per heavy atom. The molecular formula is C24H28FN3O2. The predicted octanol–water partition coefficient (Wildman–Crippen LogP) is 3.56. The number of Topliss-reactive ketones (excluding diaryl/α,β-unsaturated/α-hetero) is 1. The van der Waals surface area contributed by atoms with Crippen LogP contribution < -0.4 is 10.2 Å². The van der Waals surface area contributed by atoms with Crippen LogP contribution >= 0.6 is 0 Å². The average molecular weight is 410 g/mol. The van der Waals surface area contributed by atoms with E-state index in [1.807, 2.05) is 36.4 Å². The van der Waals surface area contributed by atoms with Gasteiger partial charge in [-0.1, -0.05) is 24.3 Å². The number of halogens is 1. The van der Waals surface area contributed by atoms with Crippen molar-refractivity contribution in [3.05, 3.63) is 65.5 Å². The number of benzene rings is 2. The van der Waals surface area contributed by atoms with Crippen LogP contribution in [0, 0.1) is 5.82 Å². The zero-order valence-electron chi connectivity index (χ0n) is 17.1. The Kier molecular flexibility index (Phi) is 6.43. The third-order valence-electron chi connectivity index (χ3n) is 6.07. The van der Waals surface area contributed by atoms with E-state index in [0.717, 1.165) is 62.4 Å². The fourth-order valence-electron chi connectivity index (χ4n) is 4.25. The summed E-state index contributed by atoms with van der Waals surface area (Å²) in [5, 5.41) is 2.96. The first kappa shape index (κ1) is 20.5. The van der Waals surface area contributed by atoms with Crippen molar-refractivity contribution >= 4 is 17.4 Å². The summed E-state index contributed by atoms with van der Waals surface area (Å²) >= 11 is 0. The Balaban J connectivity index is 1.19. The molecule has 30 heavy (non-hydrogen) atoms. The molecule has 0 aromatic heterocycles. The highest BCUT2D eigenvalue weighted by Crippen LogP contribution is 2.24. The molecule has 1 atom stereocenters. The van der Waals surface area contributed by atoms with Gasteiger partial charge in [0.1, 0.15) is 5.82 Å². The molecule has 0 saturated carbocycles. The molecule has 158 valence electrons. The van der Waals surface area contributed by atoms with E-state index in [2.05, 4.69) is 15.1 Å². The molecule has 0 spiro atoms. The summed E-state index contributed by atoms with van der Waals surface area (Å²) in [5.74, 6) is 0.0580. The highest BCUT2D eigenvalue weighted by molar-refractivity contribution is 5.96. The topological polar surface area (TPSA) is 52.7 Å². The standard InChI is InChI=1S/C24H28FN3O2/c25-20-7-9-21(10-8-20)28-16-14-27(15-17-28)13-1-2-23(29)19-5-3-18(4-6-19)22-11-12-24(30)26-22/h3-10,22H,1-2,11-17H2,(H,26,30). The van der Waals surface area contributed by atoms with Crippen LogP contribution in [-0.2, 0) is 4.79 Å². The molecule has 2 heterocycles. The summed E-state index contributed by atoms with van der Waals surface area (Å²) in [4.78, 5) is 28.5. The molecule has 6 heteroatoms. The van der Waals surface area contributed by atoms with E-state index in [0.29, 0.717) is 12.8 Å². The number of hydrogen-bond donors (Lipinski definition) is 1. The van der Waals surface area contributed by atoms with Gasteiger partial charge < -0.3 is 10.2 Å². The molecule has 0 aliphatic carbocycles. The summed E-state index contributed by atoms with van der Waals surface area (Å²) in [7, 11) is 0. The van der Waals surface area contributed by atoms with Crippen molar-refractivity contribution in [3.63, 3.8) is 0 Å². The van der Waals surface area contributed by atoms with Gasteiger partial charge in [0, 0.05) is 50.3 Å². The van der Waals surface area contributed by atoms with E-state index in [1.165, 1.54) is 12.1 Å². The number of anilines is 1. The SMILES string of the molecule is O=C1CCC(c2ccc(C(=O)CCCN3CCN(c4ccc(F)cc4)CC3)cc2)N1. The first-order chi connectivity index (χ1) is 14.6. The maximum Gasteiger partial charge on any atom is 0.220 e. The number of rotatable bonds is 7. The predicted molar refractivity (Wildman–Crippen MR) is 115 cm³/mol. The van der Waals surface area contributed by atoms with E-state index in [4.69, 9.17) is 0 Å². The first-order valence-electron chi connectivity index (χ1n) is 10.7. The molecule has 2 aromatic carbocycles. The number of carbonyl (C=O) groups is 2. The molecule has 1 amide bonds. The second-order valence-corrected chi connectivity index (χ2v) is 8.11. The minimum atomic E-state index is -0.206. The number of hydrogen-bond acceptors (Lipinski definition) is 4. The van der Waals surface area contributed by atoms with Crippen LogP contribution in [0.15, 0.2) is 48.5 Å². The zero-order chi connectivity index (χ0) is 20.9. The molecule has 1 unspecified atom stereocenters. The Labute approximate surface area is 176 Å². The number of amides is 1. The number of carbonyl (C=O) groups excluding carboxylic acids is 2. The number of nitrogens with one attached hydrogen (secondary N) is 1. The minimum Gasteiger partial charge on any atom is -0.369 e. The van der Waals surface area contributed by atoms with Crippen molar-refractivity contribution in [3.8, 4) is 0 Å². The molecule has 2 aromatic rings. The van der Waals surface area contributed by atoms with Crippen LogP contribution in [0.3, 0.4) is 0 Å². The van der Waals surface area contributed by atoms with E-state index in [-0.39, 0.29) is 23.5 Å². The number of ketones is 1. The summed E-state index contributed by atoms with van der Waals surface area (Å²) < 4.78 is 13.1. The molecule has 2 aliphatic heterocycles. The van der Waals surface area contributed by atoms with Crippen molar-refractivity contribution in [2.24, 2.45) is 0 Å². The minimum absolute atomic E-state index is 0.0789. The molecule has 0 bridgehead atoms. The highest BCUT2D eigenvalue weighted by atomic mass is 19.1. The highest BCUT2D eigenvalue weighted by Gasteiger charge is 2.22. The smallest absolute Gasteiger partial charge is 0.220 e. The van der Waals surface area contributed by atoms with Crippen molar-refractivity contribution in [2.75, 3.05) is 37.6 Å². The molecule has 5 nitrogen and oxygen atoms in total. The third-order valence-corrected chi connectivity index (χ3v) is 6.07. The summed E-state index contributed by atoms with van der Waals surface area (Å²) in [6, 6.07) is 14.4. The Bertz CT molecular complexity index is 874. The maximum absolute atomic E-state index is 13.1. The zero-order valence-corrected chi connectivity index (χ0v) is 17.1.